The van der Waals surface area contributed by atoms with Crippen molar-refractivity contribution in [2.24, 2.45) is 0 Å². The van der Waals surface area contributed by atoms with Crippen molar-refractivity contribution >= 4 is 29.8 Å². The summed E-state index contributed by atoms with van der Waals surface area (Å²) >= 11 is 0. The van der Waals surface area contributed by atoms with Crippen molar-refractivity contribution < 1.29 is 30.0 Å². The molecule has 5 rings (SSSR count). The van der Waals surface area contributed by atoms with E-state index in [9.17, 15) is 4.79 Å². The Kier molecular flexibility index (Phi) is 9.64. The third-order valence-corrected chi connectivity index (χ3v) is 10.2. The average Bonchev–Trinajstić information content (AvgIpc) is 3.09. The van der Waals surface area contributed by atoms with E-state index in [0.717, 1.165) is 16.6 Å². The molecule has 0 aliphatic heterocycles. The monoisotopic (exact) mass is 755 g/mol. The molecule has 0 amide bonds. The smallest absolute Gasteiger partial charge is 0.155 e. The first-order valence-electron chi connectivity index (χ1n) is 14.4. The van der Waals surface area contributed by atoms with Gasteiger partial charge in [-0.25, -0.2) is 0 Å². The number of fused-ring (bicyclic) bond motifs is 4. The van der Waals surface area contributed by atoms with E-state index >= 15 is 0 Å². The molecule has 5 heteroatoms. The summed E-state index contributed by atoms with van der Waals surface area (Å²) in [5.74, 6) is -0.0625. The fourth-order valence-electron chi connectivity index (χ4n) is 6.47. The van der Waals surface area contributed by atoms with E-state index in [1.807, 2.05) is 6.20 Å². The summed E-state index contributed by atoms with van der Waals surface area (Å²) in [6, 6.07) is 21.7. The molecule has 1 aliphatic carbocycles. The Bertz CT molecular complexity index is 1680. The predicted molar refractivity (Wildman–Crippen MR) is 177 cm³/mol. The topological polar surface area (TPSA) is 50.2 Å². The summed E-state index contributed by atoms with van der Waals surface area (Å²) in [4.78, 5) is 15.0. The molecule has 1 aromatic heterocycles. The van der Waals surface area contributed by atoms with Crippen LogP contribution in [0.25, 0.3) is 33.2 Å². The molecule has 3 aromatic carbocycles. The van der Waals surface area contributed by atoms with Gasteiger partial charge in [0.2, 0.25) is 0 Å². The van der Waals surface area contributed by atoms with Gasteiger partial charge in [-0.05, 0) is 60.1 Å². The Morgan fingerprint density at radius 1 is 0.976 bits per heavy atom. The number of allylic oxidation sites excluding steroid dienone is 2. The van der Waals surface area contributed by atoms with Crippen LogP contribution in [0, 0.1) is 13.0 Å². The van der Waals surface area contributed by atoms with Crippen molar-refractivity contribution in [2.45, 2.75) is 85.9 Å². The van der Waals surface area contributed by atoms with E-state index in [-0.39, 0.29) is 42.5 Å². The van der Waals surface area contributed by atoms with Crippen molar-refractivity contribution in [2.75, 3.05) is 0 Å². The maximum atomic E-state index is 10.0. The first kappa shape index (κ1) is 33.6. The van der Waals surface area contributed by atoms with Gasteiger partial charge in [-0.2, -0.15) is 0 Å². The summed E-state index contributed by atoms with van der Waals surface area (Å²) in [6.45, 7) is 24.2. The number of aliphatic hydroxyl groups is 1. The number of ketones is 1. The summed E-state index contributed by atoms with van der Waals surface area (Å²) in [5, 5.41) is 12.4. The zero-order valence-corrected chi connectivity index (χ0v) is 30.3. The summed E-state index contributed by atoms with van der Waals surface area (Å²) < 4.78 is 0. The minimum absolute atomic E-state index is 0. The number of aliphatic hydroxyl groups excluding tert-OH is 1. The molecular formula is C37H44IrNO2Si-. The third kappa shape index (κ3) is 6.39. The molecule has 4 aromatic rings. The van der Waals surface area contributed by atoms with Gasteiger partial charge in [0, 0.05) is 43.5 Å². The van der Waals surface area contributed by atoms with Gasteiger partial charge in [0.05, 0.1) is 13.8 Å². The number of carbonyl (C=O) groups excluding carboxylic acids is 1. The Morgan fingerprint density at radius 2 is 1.60 bits per heavy atom. The van der Waals surface area contributed by atoms with Crippen LogP contribution in [0.3, 0.4) is 0 Å². The summed E-state index contributed by atoms with van der Waals surface area (Å²) in [5.41, 5.74) is 10.4. The molecule has 0 atom stereocenters. The fourth-order valence-corrected chi connectivity index (χ4v) is 8.31. The number of aromatic nitrogens is 1. The van der Waals surface area contributed by atoms with Gasteiger partial charge in [-0.1, -0.05) is 101 Å². The molecule has 0 fully saturated rings. The predicted octanol–water partition coefficient (Wildman–Crippen LogP) is 9.19. The molecule has 3 nitrogen and oxygen atoms in total. The number of benzene rings is 3. The van der Waals surface area contributed by atoms with Crippen molar-refractivity contribution in [3.8, 4) is 22.4 Å². The first-order valence-corrected chi connectivity index (χ1v) is 17.9. The van der Waals surface area contributed by atoms with Gasteiger partial charge in [-0.3, -0.25) is 9.78 Å². The average molecular weight is 755 g/mol. The van der Waals surface area contributed by atoms with E-state index in [1.54, 1.807) is 5.19 Å². The molecule has 0 saturated heterocycles. The molecular weight excluding hydrogens is 711 g/mol. The van der Waals surface area contributed by atoms with Gasteiger partial charge in [-0.15, -0.1) is 29.1 Å². The molecule has 42 heavy (non-hydrogen) atoms. The van der Waals surface area contributed by atoms with Gasteiger partial charge in [0.15, 0.2) is 5.78 Å². The Labute approximate surface area is 266 Å². The van der Waals surface area contributed by atoms with Crippen LogP contribution in [0.4, 0.5) is 0 Å². The molecule has 0 bridgehead atoms. The number of pyridine rings is 1. The first-order chi connectivity index (χ1) is 18.9. The second-order valence-electron chi connectivity index (χ2n) is 13.9. The quantitative estimate of drug-likeness (QED) is 0.0983. The SMILES string of the molecule is CC(=O)/C=C(/C)O.Cc1c([Si](C)(C)C)ccc2c1C(C)(C)c1c-2ccnc1-c1[c-]c2ccccc2c(C(C)(C)C)c1.[Ir]. The molecule has 0 saturated carbocycles. The maximum Gasteiger partial charge on any atom is 0.155 e. The van der Waals surface area contributed by atoms with E-state index in [4.69, 9.17) is 10.1 Å². The van der Waals surface area contributed by atoms with Crippen LogP contribution in [0.5, 0.6) is 0 Å². The number of nitrogens with zero attached hydrogens (tertiary/aromatic N) is 1. The molecule has 1 radical (unpaired) electrons. The number of hydrogen-bond acceptors (Lipinski definition) is 3. The number of hydrogen-bond donors (Lipinski definition) is 1. The molecule has 1 heterocycles. The standard InChI is InChI=1S/C32H36NSi.C5H8O2.Ir/c1-20-27(34(7,8)9)15-14-24-25-16-17-33-30(29(25)32(5,6)28(20)24)22-18-21-12-10-11-13-23(21)26(19-22)31(2,3)4;1-4(6)3-5(2)7;/h10-17,19H,1-9H3;3,6H,1-2H3;/q-1;;/b;4-3-;. The molecule has 0 spiro atoms. The van der Waals surface area contributed by atoms with Gasteiger partial charge in [0.25, 0.3) is 0 Å². The van der Waals surface area contributed by atoms with Crippen molar-refractivity contribution in [1.29, 1.82) is 0 Å². The zero-order valence-electron chi connectivity index (χ0n) is 26.9. The van der Waals surface area contributed by atoms with Crippen molar-refractivity contribution in [1.82, 2.24) is 4.98 Å². The van der Waals surface area contributed by atoms with E-state index in [1.165, 1.54) is 58.7 Å². The van der Waals surface area contributed by atoms with Crippen LogP contribution in [-0.2, 0) is 35.7 Å². The Hall–Kier alpha value is -2.85. The van der Waals surface area contributed by atoms with Crippen LogP contribution in [0.1, 0.15) is 70.7 Å². The fraction of sp³-hybridized carbons (Fsp3) is 0.351. The van der Waals surface area contributed by atoms with E-state index in [2.05, 4.69) is 116 Å². The molecule has 1 aliphatic rings. The summed E-state index contributed by atoms with van der Waals surface area (Å²) in [7, 11) is -1.44. The normalized spacial score (nSPS) is 13.9. The zero-order chi connectivity index (χ0) is 30.5. The Morgan fingerprint density at radius 3 is 2.14 bits per heavy atom. The van der Waals surface area contributed by atoms with Crippen LogP contribution in [0.2, 0.25) is 19.6 Å². The molecule has 0 unspecified atom stereocenters. The third-order valence-electron chi connectivity index (χ3n) is 8.01. The van der Waals surface area contributed by atoms with Crippen molar-refractivity contribution in [3.63, 3.8) is 0 Å². The van der Waals surface area contributed by atoms with Crippen LogP contribution < -0.4 is 5.19 Å². The van der Waals surface area contributed by atoms with Gasteiger partial charge < -0.3 is 5.11 Å². The second kappa shape index (κ2) is 12.0. The van der Waals surface area contributed by atoms with Crippen LogP contribution >= 0.6 is 0 Å². The van der Waals surface area contributed by atoms with Crippen molar-refractivity contribution in [3.05, 3.63) is 94.9 Å². The van der Waals surface area contributed by atoms with E-state index in [0.29, 0.717) is 0 Å². The van der Waals surface area contributed by atoms with Crippen LogP contribution in [-0.4, -0.2) is 23.9 Å². The minimum atomic E-state index is -1.44. The minimum Gasteiger partial charge on any atom is -0.512 e. The van der Waals surface area contributed by atoms with Gasteiger partial charge >= 0.3 is 0 Å². The number of rotatable bonds is 3. The molecule has 223 valence electrons. The van der Waals surface area contributed by atoms with E-state index < -0.39 is 8.07 Å². The maximum absolute atomic E-state index is 10.0. The largest absolute Gasteiger partial charge is 0.512 e. The number of carbonyl (C=O) groups is 1. The molecule has 1 N–H and O–H groups in total. The second-order valence-corrected chi connectivity index (χ2v) is 18.9. The Balaban J connectivity index is 0.000000541. The van der Waals surface area contributed by atoms with Crippen LogP contribution in [0.15, 0.2) is 66.6 Å². The summed E-state index contributed by atoms with van der Waals surface area (Å²) in [6.07, 6.45) is 3.15. The van der Waals surface area contributed by atoms with Gasteiger partial charge in [0.1, 0.15) is 0 Å².